The Kier molecular flexibility index (Phi) is 45.1. The van der Waals surface area contributed by atoms with E-state index in [9.17, 15) is 0 Å². The molecule has 0 spiro atoms. The summed E-state index contributed by atoms with van der Waals surface area (Å²) in [5, 5.41) is 23.5. The van der Waals surface area contributed by atoms with Crippen LogP contribution in [0, 0.1) is 0 Å². The predicted octanol–water partition coefficient (Wildman–Crippen LogP) is -0.470. The molecule has 0 aliphatic rings. The van der Waals surface area contributed by atoms with Crippen molar-refractivity contribution in [3.63, 3.8) is 0 Å². The van der Waals surface area contributed by atoms with Crippen molar-refractivity contribution < 1.29 is 34.1 Å². The Morgan fingerprint density at radius 3 is 1.32 bits per heavy atom. The van der Waals surface area contributed by atoms with Gasteiger partial charge >= 0.3 is 23.7 Å². The third kappa shape index (κ3) is 42.7. The molecule has 9 nitrogen and oxygen atoms in total. The fourth-order valence-electron chi connectivity index (χ4n) is 0.864. The van der Waals surface area contributed by atoms with Crippen LogP contribution < -0.4 is 17.2 Å². The summed E-state index contributed by atoms with van der Waals surface area (Å²) in [4.78, 5) is 0. The number of hydrogen-bond donors (Lipinski definition) is 5. The number of rotatable bonds is 9. The number of nitrogens with zero attached hydrogens (tertiary/aromatic N) is 3. The predicted molar refractivity (Wildman–Crippen MR) is 84.7 cm³/mol. The Morgan fingerprint density at radius 2 is 1.23 bits per heavy atom. The van der Waals surface area contributed by atoms with Gasteiger partial charge in [0.25, 0.3) is 0 Å². The van der Waals surface area contributed by atoms with Crippen LogP contribution in [-0.4, -0.2) is 79.4 Å². The van der Waals surface area contributed by atoms with Gasteiger partial charge in [-0.2, -0.15) is 16.7 Å². The Bertz CT molecular complexity index is 158. The zero-order chi connectivity index (χ0) is 18.2. The molecule has 22 heavy (non-hydrogen) atoms. The van der Waals surface area contributed by atoms with Gasteiger partial charge in [0, 0.05) is 39.3 Å². The van der Waals surface area contributed by atoms with Crippen LogP contribution in [0.2, 0.25) is 0 Å². The molecule has 0 saturated carbocycles. The van der Waals surface area contributed by atoms with Gasteiger partial charge in [0.15, 0.2) is 0 Å². The SMILES string of the molecule is CCN(O)CCN.CCN(O)CCN.CC[N-]CCN.[O]=[Ti+]. The first-order chi connectivity index (χ1) is 10.5. The first-order valence-electron chi connectivity index (χ1n) is 7.35. The molecule has 0 atom stereocenters. The Hall–Kier alpha value is 0.194. The number of hydroxylamine groups is 4. The maximum absolute atomic E-state index is 8.61. The van der Waals surface area contributed by atoms with Gasteiger partial charge in [-0.15, -0.1) is 6.54 Å². The molecule has 0 bridgehead atoms. The van der Waals surface area contributed by atoms with E-state index in [1.54, 1.807) is 0 Å². The van der Waals surface area contributed by atoms with Crippen LogP contribution in [0.5, 0.6) is 0 Å². The molecular weight excluding hydrogens is 324 g/mol. The Balaban J connectivity index is -0.000000105. The van der Waals surface area contributed by atoms with Crippen LogP contribution in [0.25, 0.3) is 5.32 Å². The summed E-state index contributed by atoms with van der Waals surface area (Å²) in [7, 11) is 0. The number of hydrogen-bond acceptors (Lipinski definition) is 8. The van der Waals surface area contributed by atoms with Crippen molar-refractivity contribution in [1.29, 1.82) is 0 Å². The fraction of sp³-hybridized carbons (Fsp3) is 1.00. The van der Waals surface area contributed by atoms with Crippen molar-refractivity contribution in [3.05, 3.63) is 5.32 Å². The normalized spacial score (nSPS) is 9.27. The van der Waals surface area contributed by atoms with Crippen molar-refractivity contribution in [2.45, 2.75) is 20.8 Å². The van der Waals surface area contributed by atoms with Gasteiger partial charge in [0.05, 0.1) is 0 Å². The molecule has 0 aliphatic carbocycles. The van der Waals surface area contributed by atoms with Gasteiger partial charge in [-0.1, -0.05) is 20.8 Å². The second-order valence-electron chi connectivity index (χ2n) is 3.72. The molecule has 8 N–H and O–H groups in total. The minimum absolute atomic E-state index is 0.518. The van der Waals surface area contributed by atoms with Crippen molar-refractivity contribution in [1.82, 2.24) is 10.1 Å². The molecule has 0 aromatic rings. The molecule has 0 aromatic heterocycles. The summed E-state index contributed by atoms with van der Waals surface area (Å²) in [6.07, 6.45) is 0. The van der Waals surface area contributed by atoms with E-state index in [1.807, 2.05) is 20.8 Å². The molecule has 0 heterocycles. The van der Waals surface area contributed by atoms with Crippen LogP contribution >= 0.6 is 0 Å². The van der Waals surface area contributed by atoms with Gasteiger partial charge in [-0.25, -0.2) is 0 Å². The molecule has 0 amide bonds. The van der Waals surface area contributed by atoms with Gasteiger partial charge in [0.1, 0.15) is 0 Å². The van der Waals surface area contributed by atoms with E-state index in [2.05, 4.69) is 5.32 Å². The van der Waals surface area contributed by atoms with Crippen LogP contribution in [0.1, 0.15) is 20.8 Å². The summed E-state index contributed by atoms with van der Waals surface area (Å²) in [6, 6.07) is 0. The zero-order valence-electron chi connectivity index (χ0n) is 14.2. The van der Waals surface area contributed by atoms with Gasteiger partial charge in [0.2, 0.25) is 0 Å². The van der Waals surface area contributed by atoms with E-state index < -0.39 is 0 Å². The van der Waals surface area contributed by atoms with E-state index in [1.165, 1.54) is 10.1 Å². The fourth-order valence-corrected chi connectivity index (χ4v) is 0.864. The third-order valence-electron chi connectivity index (χ3n) is 2.02. The Morgan fingerprint density at radius 1 is 0.864 bits per heavy atom. The number of likely N-dealkylation sites (N-methyl/N-ethyl adjacent to an activating group) is 3. The summed E-state index contributed by atoms with van der Waals surface area (Å²) in [5.41, 5.74) is 15.3. The molecule has 0 aliphatic heterocycles. The first-order valence-corrected chi connectivity index (χ1v) is 7.99. The summed E-state index contributed by atoms with van der Waals surface area (Å²) < 4.78 is 8.25. The van der Waals surface area contributed by atoms with E-state index >= 15 is 0 Å². The average molecular weight is 359 g/mol. The van der Waals surface area contributed by atoms with Crippen LogP contribution in [0.15, 0.2) is 0 Å². The molecule has 135 valence electrons. The summed E-state index contributed by atoms with van der Waals surface area (Å²) >= 11 is 0.750. The van der Waals surface area contributed by atoms with Crippen molar-refractivity contribution in [3.8, 4) is 0 Å². The summed E-state index contributed by atoms with van der Waals surface area (Å²) in [6.45, 7) is 11.6. The first kappa shape index (κ1) is 30.1. The van der Waals surface area contributed by atoms with Crippen molar-refractivity contribution in [2.24, 2.45) is 17.2 Å². The topological polar surface area (TPSA) is 156 Å². The second kappa shape index (κ2) is 33.0. The maximum atomic E-state index is 8.61. The molecular formula is C12H35N6O3Ti. The minimum atomic E-state index is 0.518. The average Bonchev–Trinajstić information content (AvgIpc) is 2.56. The second-order valence-corrected chi connectivity index (χ2v) is 3.72. The summed E-state index contributed by atoms with van der Waals surface area (Å²) in [5.74, 6) is 0. The molecule has 0 fully saturated rings. The van der Waals surface area contributed by atoms with Crippen LogP contribution in [-0.2, 0) is 23.7 Å². The van der Waals surface area contributed by atoms with E-state index in [0.29, 0.717) is 45.8 Å². The zero-order valence-corrected chi connectivity index (χ0v) is 15.8. The van der Waals surface area contributed by atoms with E-state index in [-0.39, 0.29) is 0 Å². The van der Waals surface area contributed by atoms with E-state index in [4.69, 9.17) is 30.9 Å². The molecule has 0 rings (SSSR count). The van der Waals surface area contributed by atoms with Crippen molar-refractivity contribution >= 4 is 0 Å². The molecule has 0 unspecified atom stereocenters. The molecule has 0 aromatic carbocycles. The van der Waals surface area contributed by atoms with Gasteiger partial charge in [-0.05, 0) is 6.54 Å². The van der Waals surface area contributed by atoms with Gasteiger partial charge < -0.3 is 32.9 Å². The molecule has 0 saturated heterocycles. The molecule has 0 radical (unpaired) electrons. The Labute approximate surface area is 146 Å². The van der Waals surface area contributed by atoms with Crippen LogP contribution in [0.3, 0.4) is 0 Å². The standard InChI is InChI=1S/2C4H12N2O.C4H11N2.O.Ti/c2*1-2-6(7)4-3-5;1-2-6-4-3-5;;/h2*7H,2-5H2,1H3;2-5H2,1H3;;/q;;-1;;+1. The van der Waals surface area contributed by atoms with E-state index in [0.717, 1.165) is 33.5 Å². The third-order valence-corrected chi connectivity index (χ3v) is 2.02. The molecule has 10 heteroatoms. The monoisotopic (exact) mass is 359 g/mol. The van der Waals surface area contributed by atoms with Crippen LogP contribution in [0.4, 0.5) is 0 Å². The van der Waals surface area contributed by atoms with Crippen molar-refractivity contribution in [2.75, 3.05) is 58.9 Å². The number of nitrogens with two attached hydrogens (primary N) is 3. The quantitative estimate of drug-likeness (QED) is 0.210. The van der Waals surface area contributed by atoms with Gasteiger partial charge in [-0.3, -0.25) is 0 Å².